The molecule has 0 fully saturated rings. The van der Waals surface area contributed by atoms with Crippen LogP contribution in [-0.4, -0.2) is 26.1 Å². The molecule has 0 aliphatic carbocycles. The van der Waals surface area contributed by atoms with E-state index in [-0.39, 0.29) is 0 Å². The largest absolute Gasteiger partial charge is 0.497 e. The summed E-state index contributed by atoms with van der Waals surface area (Å²) in [5.74, 6) is -0.0809. The molecule has 0 aromatic heterocycles. The van der Waals surface area contributed by atoms with Gasteiger partial charge in [0.15, 0.2) is 0 Å². The van der Waals surface area contributed by atoms with Crippen LogP contribution in [0, 0.1) is 0 Å². The summed E-state index contributed by atoms with van der Waals surface area (Å²) < 4.78 is 10.2. The zero-order chi connectivity index (χ0) is 21.3. The molecule has 3 aromatic rings. The molecule has 1 amide bonds. The highest BCUT2D eigenvalue weighted by Gasteiger charge is 2.11. The Morgan fingerprint density at radius 1 is 0.867 bits per heavy atom. The molecule has 0 saturated carbocycles. The number of hydrogen-bond acceptors (Lipinski definition) is 7. The second-order valence-electron chi connectivity index (χ2n) is 5.98. The van der Waals surface area contributed by atoms with Crippen LogP contribution in [0.15, 0.2) is 83.0 Å². The first kappa shape index (κ1) is 20.5. The third kappa shape index (κ3) is 5.20. The molecule has 30 heavy (non-hydrogen) atoms. The minimum Gasteiger partial charge on any atom is -0.497 e. The van der Waals surface area contributed by atoms with Crippen molar-refractivity contribution in [1.82, 2.24) is 0 Å². The number of nitrogens with one attached hydrogen (secondary N) is 1. The Labute approximate surface area is 173 Å². The predicted octanol–water partition coefficient (Wildman–Crippen LogP) is 4.81. The lowest BCUT2D eigenvalue weighted by Gasteiger charge is -2.07. The van der Waals surface area contributed by atoms with E-state index in [1.807, 2.05) is 0 Å². The Kier molecular flexibility index (Phi) is 6.73. The number of benzene rings is 3. The van der Waals surface area contributed by atoms with Gasteiger partial charge >= 0.3 is 5.97 Å². The number of hydrogen-bond donors (Lipinski definition) is 1. The number of ether oxygens (including phenoxy) is 2. The van der Waals surface area contributed by atoms with Gasteiger partial charge in [0.05, 0.1) is 36.7 Å². The van der Waals surface area contributed by atoms with Gasteiger partial charge < -0.3 is 14.3 Å². The Bertz CT molecular complexity index is 1060. The molecule has 0 aliphatic rings. The van der Waals surface area contributed by atoms with Crippen molar-refractivity contribution in [3.63, 3.8) is 0 Å². The molecule has 0 aliphatic heterocycles. The number of carbonyl (C=O) groups excluding carboxylic acids is 2. The van der Waals surface area contributed by atoms with E-state index >= 15 is 0 Å². The van der Waals surface area contributed by atoms with Crippen LogP contribution >= 0.6 is 0 Å². The van der Waals surface area contributed by atoms with Crippen LogP contribution < -0.4 is 15.0 Å². The van der Waals surface area contributed by atoms with Crippen LogP contribution in [0.1, 0.15) is 20.7 Å². The number of rotatable bonds is 7. The van der Waals surface area contributed by atoms with Crippen molar-refractivity contribution in [2.75, 3.05) is 19.7 Å². The number of nitrogens with zero attached hydrogens (tertiary/aromatic N) is 2. The number of methoxy groups -OCH3 is 2. The Balaban J connectivity index is 1.59. The number of azo groups is 1. The van der Waals surface area contributed by atoms with Gasteiger partial charge in [-0.2, -0.15) is 0 Å². The summed E-state index contributed by atoms with van der Waals surface area (Å²) in [5, 5.41) is 7.65. The van der Waals surface area contributed by atoms with Gasteiger partial charge in [-0.15, -0.1) is 10.2 Å². The normalized spacial score (nSPS) is 10.5. The van der Waals surface area contributed by atoms with Gasteiger partial charge in [0, 0.05) is 0 Å². The van der Waals surface area contributed by atoms with Crippen LogP contribution in [0.25, 0.3) is 0 Å². The number of para-hydroxylation sites is 1. The fourth-order valence-electron chi connectivity index (χ4n) is 2.49. The van der Waals surface area contributed by atoms with Crippen molar-refractivity contribution in [3.8, 4) is 11.5 Å². The van der Waals surface area contributed by atoms with Crippen LogP contribution in [0.5, 0.6) is 11.5 Å². The summed E-state index contributed by atoms with van der Waals surface area (Å²) in [7, 11) is 3.00. The van der Waals surface area contributed by atoms with Crippen LogP contribution in [0.2, 0.25) is 0 Å². The molecule has 0 bridgehead atoms. The van der Waals surface area contributed by atoms with Gasteiger partial charge in [-0.25, -0.2) is 10.3 Å². The lowest BCUT2D eigenvalue weighted by Crippen LogP contribution is -2.10. The molecule has 0 heterocycles. The summed E-state index contributed by atoms with van der Waals surface area (Å²) in [4.78, 5) is 29.4. The monoisotopic (exact) mass is 405 g/mol. The standard InChI is InChI=1S/C22H19N3O5/c1-28-18-7-5-6-15(14-18)22(27)30-25-17-12-10-16(11-13-17)23-24-21(26)19-8-3-4-9-20(19)29-2/h3-14,25H,1-2H3. The van der Waals surface area contributed by atoms with Crippen molar-refractivity contribution in [2.45, 2.75) is 0 Å². The SMILES string of the molecule is COc1cccc(C(=O)ONc2ccc(N=NC(=O)c3ccccc3OC)cc2)c1. The van der Waals surface area contributed by atoms with E-state index < -0.39 is 11.9 Å². The first-order valence-corrected chi connectivity index (χ1v) is 8.91. The number of anilines is 1. The summed E-state index contributed by atoms with van der Waals surface area (Å²) in [6.45, 7) is 0. The molecule has 8 heteroatoms. The van der Waals surface area contributed by atoms with E-state index in [4.69, 9.17) is 14.3 Å². The van der Waals surface area contributed by atoms with Gasteiger partial charge in [-0.3, -0.25) is 4.79 Å². The number of amides is 1. The fourth-order valence-corrected chi connectivity index (χ4v) is 2.49. The molecule has 3 aromatic carbocycles. The van der Waals surface area contributed by atoms with E-state index in [1.165, 1.54) is 14.2 Å². The molecule has 0 spiro atoms. The lowest BCUT2D eigenvalue weighted by atomic mass is 10.2. The fraction of sp³-hybridized carbons (Fsp3) is 0.0909. The van der Waals surface area contributed by atoms with Crippen LogP contribution in [0.3, 0.4) is 0 Å². The minimum atomic E-state index is -0.555. The zero-order valence-corrected chi connectivity index (χ0v) is 16.4. The Morgan fingerprint density at radius 2 is 1.63 bits per heavy atom. The van der Waals surface area contributed by atoms with E-state index in [0.29, 0.717) is 34.0 Å². The molecule has 1 N–H and O–H groups in total. The second kappa shape index (κ2) is 9.83. The Morgan fingerprint density at radius 3 is 2.37 bits per heavy atom. The summed E-state index contributed by atoms with van der Waals surface area (Å²) in [6.07, 6.45) is 0. The van der Waals surface area contributed by atoms with Gasteiger partial charge in [-0.1, -0.05) is 18.2 Å². The summed E-state index contributed by atoms with van der Waals surface area (Å²) in [6, 6.07) is 19.9. The van der Waals surface area contributed by atoms with E-state index in [1.54, 1.807) is 72.8 Å². The van der Waals surface area contributed by atoms with Crippen molar-refractivity contribution in [3.05, 3.63) is 83.9 Å². The molecule has 152 valence electrons. The molecule has 0 atom stereocenters. The first-order chi connectivity index (χ1) is 14.6. The molecular weight excluding hydrogens is 386 g/mol. The maximum atomic E-state index is 12.2. The molecule has 0 unspecified atom stereocenters. The van der Waals surface area contributed by atoms with Crippen LogP contribution in [0.4, 0.5) is 11.4 Å². The minimum absolute atomic E-state index is 0.325. The van der Waals surface area contributed by atoms with Crippen molar-refractivity contribution < 1.29 is 23.9 Å². The predicted molar refractivity (Wildman–Crippen MR) is 110 cm³/mol. The zero-order valence-electron chi connectivity index (χ0n) is 16.4. The Hall–Kier alpha value is -4.20. The molecule has 0 radical (unpaired) electrons. The average molecular weight is 405 g/mol. The third-order valence-corrected chi connectivity index (χ3v) is 4.03. The topological polar surface area (TPSA) is 98.6 Å². The van der Waals surface area contributed by atoms with Crippen molar-refractivity contribution in [2.24, 2.45) is 10.2 Å². The van der Waals surface area contributed by atoms with Crippen LogP contribution in [-0.2, 0) is 4.84 Å². The lowest BCUT2D eigenvalue weighted by molar-refractivity contribution is 0.0596. The number of carbonyl (C=O) groups is 2. The molecular formula is C22H19N3O5. The van der Waals surface area contributed by atoms with E-state index in [0.717, 1.165) is 0 Å². The summed E-state index contributed by atoms with van der Waals surface area (Å²) in [5.41, 5.74) is 4.23. The molecule has 3 rings (SSSR count). The van der Waals surface area contributed by atoms with Crippen molar-refractivity contribution >= 4 is 23.3 Å². The highest BCUT2D eigenvalue weighted by molar-refractivity contribution is 5.97. The van der Waals surface area contributed by atoms with E-state index in [2.05, 4.69) is 15.7 Å². The smallest absolute Gasteiger partial charge is 0.362 e. The second-order valence-corrected chi connectivity index (χ2v) is 5.98. The van der Waals surface area contributed by atoms with Gasteiger partial charge in [-0.05, 0) is 54.6 Å². The highest BCUT2D eigenvalue weighted by atomic mass is 16.7. The van der Waals surface area contributed by atoms with Gasteiger partial charge in [0.1, 0.15) is 11.5 Å². The van der Waals surface area contributed by atoms with E-state index in [9.17, 15) is 9.59 Å². The maximum absolute atomic E-state index is 12.2. The maximum Gasteiger partial charge on any atom is 0.362 e. The molecule has 8 nitrogen and oxygen atoms in total. The van der Waals surface area contributed by atoms with Crippen molar-refractivity contribution in [1.29, 1.82) is 0 Å². The first-order valence-electron chi connectivity index (χ1n) is 8.91. The summed E-state index contributed by atoms with van der Waals surface area (Å²) >= 11 is 0. The molecule has 0 saturated heterocycles. The highest BCUT2D eigenvalue weighted by Crippen LogP contribution is 2.21. The van der Waals surface area contributed by atoms with Gasteiger partial charge in [0.25, 0.3) is 5.91 Å². The van der Waals surface area contributed by atoms with Gasteiger partial charge in [0.2, 0.25) is 0 Å². The quantitative estimate of drug-likeness (QED) is 0.447. The average Bonchev–Trinajstić information content (AvgIpc) is 2.81. The third-order valence-electron chi connectivity index (χ3n) is 4.03.